The van der Waals surface area contributed by atoms with Crippen LogP contribution >= 0.6 is 0 Å². The molecule has 7 rings (SSSR count). The first-order valence-corrected chi connectivity index (χ1v) is 36.7. The van der Waals surface area contributed by atoms with E-state index in [0.717, 1.165) is 77.8 Å². The fourth-order valence-corrected chi connectivity index (χ4v) is 20.9. The third-order valence-corrected chi connectivity index (χ3v) is 27.6. The molecule has 0 aromatic carbocycles. The van der Waals surface area contributed by atoms with Gasteiger partial charge in [-0.1, -0.05) is 300 Å². The van der Waals surface area contributed by atoms with Gasteiger partial charge in [-0.2, -0.15) is 0 Å². The average molecular weight is 1150 g/mol. The van der Waals surface area contributed by atoms with Crippen LogP contribution in [0.25, 0.3) is 0 Å². The Morgan fingerprint density at radius 1 is 0.256 bits per heavy atom. The van der Waals surface area contributed by atoms with E-state index in [9.17, 15) is 0 Å². The van der Waals surface area contributed by atoms with Crippen LogP contribution in [0.3, 0.4) is 0 Å². The van der Waals surface area contributed by atoms with Gasteiger partial charge in [0, 0.05) is 13.2 Å². The smallest absolute Gasteiger partial charge is 0.0471 e. The van der Waals surface area contributed by atoms with Gasteiger partial charge in [-0.15, -0.1) is 0 Å². The van der Waals surface area contributed by atoms with Gasteiger partial charge < -0.3 is 4.74 Å². The van der Waals surface area contributed by atoms with E-state index >= 15 is 0 Å². The topological polar surface area (TPSA) is 9.23 Å². The Morgan fingerprint density at radius 2 is 0.500 bits per heavy atom. The molecule has 1 heteroatoms. The molecule has 0 N–H and O–H groups in total. The van der Waals surface area contributed by atoms with Gasteiger partial charge in [0.2, 0.25) is 0 Å². The van der Waals surface area contributed by atoms with E-state index < -0.39 is 0 Å². The third kappa shape index (κ3) is 19.0. The highest BCUT2D eigenvalue weighted by molar-refractivity contribution is 5.16. The predicted molar refractivity (Wildman–Crippen MR) is 374 cm³/mol. The molecule has 1 saturated heterocycles. The molecule has 0 amide bonds. The number of ether oxygens (including phenoxy) is 1. The maximum Gasteiger partial charge on any atom is 0.0471 e. The number of hydrogen-bond donors (Lipinski definition) is 0. The van der Waals surface area contributed by atoms with Gasteiger partial charge in [-0.3, -0.25) is 0 Å². The monoisotopic (exact) mass is 1150 g/mol. The average Bonchev–Trinajstić information content (AvgIpc) is 4.22. The van der Waals surface area contributed by atoms with E-state index in [4.69, 9.17) is 4.74 Å². The fraction of sp³-hybridized carbons (Fsp3) is 1.00. The molecule has 1 unspecified atom stereocenters. The van der Waals surface area contributed by atoms with Crippen molar-refractivity contribution in [1.82, 2.24) is 0 Å². The van der Waals surface area contributed by atoms with E-state index in [0.29, 0.717) is 59.6 Å². The normalized spacial score (nSPS) is 25.0. The molecule has 1 atom stereocenters. The summed E-state index contributed by atoms with van der Waals surface area (Å²) < 4.78 is 5.43. The van der Waals surface area contributed by atoms with Gasteiger partial charge in [0.05, 0.1) is 0 Å². The van der Waals surface area contributed by atoms with Crippen molar-refractivity contribution in [3.05, 3.63) is 0 Å². The van der Waals surface area contributed by atoms with E-state index in [-0.39, 0.29) is 0 Å². The van der Waals surface area contributed by atoms with Gasteiger partial charge in [0.1, 0.15) is 0 Å². The molecule has 0 radical (unpaired) electrons. The lowest BCUT2D eigenvalue weighted by molar-refractivity contribution is -0.0462. The fourth-order valence-electron chi connectivity index (χ4n) is 20.9. The molecule has 1 nitrogen and oxygen atoms in total. The lowest BCUT2D eigenvalue weighted by Crippen LogP contribution is -2.45. The summed E-state index contributed by atoms with van der Waals surface area (Å²) in [4.78, 5) is 0. The lowest BCUT2D eigenvalue weighted by Gasteiger charge is -2.54. The lowest BCUT2D eigenvalue weighted by atomic mass is 9.51. The molecule has 7 aliphatic rings. The van der Waals surface area contributed by atoms with Crippen LogP contribution in [0.1, 0.15) is 383 Å². The molecule has 0 spiro atoms. The molecule has 6 aliphatic carbocycles. The number of rotatable bonds is 10. The van der Waals surface area contributed by atoms with Gasteiger partial charge in [-0.05, 0) is 208 Å². The molecule has 0 aromatic rings. The highest BCUT2D eigenvalue weighted by Crippen LogP contribution is 2.75. The second-order valence-electron chi connectivity index (χ2n) is 37.9. The molecule has 6 saturated carbocycles. The highest BCUT2D eigenvalue weighted by Gasteiger charge is 2.67. The summed E-state index contributed by atoms with van der Waals surface area (Å²) in [5.74, 6) is 8.55. The SMILES string of the molecule is CC(C)(C)C1(C(C)(C)C)CCCCCC1.CC(C)C1(C(C)(C)C)CC1.CC(C)C1(C(C)(C)C)CC1(C)C.CC(C)C1(C(C)C)CCC1.CC(C)C1(C(C)C)CCCC1.CC(C)C1(C(C)C)CCCCC1.CC(C)C1(C(C)C)CCOCC1. The standard InChI is InChI=1S/C15H30.2C12H24.C11H22O.C11H22.2C10H20/c1-13(2,3)15(14(4,5)6)11-9-7-8-10-12-15;1-9(2)12(10(3,4)5)8-11(12,6)7;1-10(2)12(11(3)4)8-6-5-7-9-12;1-9(2)11(10(3)4)5-7-12-8-6-11;1-9(2)11(10(3)4)7-5-6-8-11;1-8(2)10(6-7-10)9(3,4)5;1-8(2)10(9(3)4)6-5-7-10/h7-12H2,1-6H3;9H,8H2,1-7H3;10-11H,5-9H2,1-4H3;9-10H,5-8H2,1-4H3;9-10H,5-8H2,1-4H3;8H,6-7H2,1-5H3;8-9H,5-7H2,1-4H3. The highest BCUT2D eigenvalue weighted by atomic mass is 16.5. The Morgan fingerprint density at radius 3 is 0.634 bits per heavy atom. The van der Waals surface area contributed by atoms with Gasteiger partial charge in [-0.25, -0.2) is 0 Å². The summed E-state index contributed by atoms with van der Waals surface area (Å²) in [6.07, 6.45) is 33.1. The van der Waals surface area contributed by atoms with Crippen molar-refractivity contribution in [2.45, 2.75) is 383 Å². The van der Waals surface area contributed by atoms with Crippen LogP contribution in [0.4, 0.5) is 0 Å². The molecular formula is C81H162O. The van der Waals surface area contributed by atoms with E-state index in [1.807, 2.05) is 0 Å². The Hall–Kier alpha value is -0.0400. The van der Waals surface area contributed by atoms with Crippen molar-refractivity contribution < 1.29 is 4.74 Å². The van der Waals surface area contributed by atoms with Crippen molar-refractivity contribution in [2.24, 2.45) is 124 Å². The minimum Gasteiger partial charge on any atom is -0.381 e. The summed E-state index contributed by atoms with van der Waals surface area (Å²) in [7, 11) is 0. The first-order chi connectivity index (χ1) is 37.1. The maximum absolute atomic E-state index is 5.43. The van der Waals surface area contributed by atoms with Crippen LogP contribution in [0.2, 0.25) is 0 Å². The van der Waals surface area contributed by atoms with Crippen LogP contribution in [0.15, 0.2) is 0 Å². The van der Waals surface area contributed by atoms with Crippen LogP contribution in [0, 0.1) is 124 Å². The molecule has 1 aliphatic heterocycles. The maximum atomic E-state index is 5.43. The molecule has 492 valence electrons. The minimum absolute atomic E-state index is 0.440. The summed E-state index contributed by atoms with van der Waals surface area (Å²) in [6, 6.07) is 0. The van der Waals surface area contributed by atoms with E-state index in [1.54, 1.807) is 0 Å². The summed E-state index contributed by atoms with van der Waals surface area (Å²) in [6.45, 7) is 83.3. The first kappa shape index (κ1) is 80.0. The van der Waals surface area contributed by atoms with Crippen molar-refractivity contribution in [1.29, 1.82) is 0 Å². The minimum atomic E-state index is 0.440. The van der Waals surface area contributed by atoms with Crippen LogP contribution in [-0.2, 0) is 4.74 Å². The van der Waals surface area contributed by atoms with Gasteiger partial charge >= 0.3 is 0 Å². The summed E-state index contributed by atoms with van der Waals surface area (Å²) in [5.41, 5.74) is 6.90. The third-order valence-electron chi connectivity index (χ3n) is 27.6. The molecule has 0 bridgehead atoms. The van der Waals surface area contributed by atoms with Gasteiger partial charge in [0.15, 0.2) is 0 Å². The van der Waals surface area contributed by atoms with Crippen molar-refractivity contribution in [2.75, 3.05) is 13.2 Å². The van der Waals surface area contributed by atoms with E-state index in [1.165, 1.54) is 148 Å². The van der Waals surface area contributed by atoms with E-state index in [2.05, 4.69) is 235 Å². The van der Waals surface area contributed by atoms with Crippen LogP contribution < -0.4 is 0 Å². The Bertz CT molecular complexity index is 1590. The second-order valence-corrected chi connectivity index (χ2v) is 37.9. The van der Waals surface area contributed by atoms with Crippen molar-refractivity contribution in [3.8, 4) is 0 Å². The predicted octanol–water partition coefficient (Wildman–Crippen LogP) is 27.7. The number of hydrogen-bond acceptors (Lipinski definition) is 1. The zero-order chi connectivity index (χ0) is 64.2. The molecule has 1 heterocycles. The Labute approximate surface area is 522 Å². The quantitative estimate of drug-likeness (QED) is 0.198. The Balaban J connectivity index is 0.000000480. The largest absolute Gasteiger partial charge is 0.381 e. The zero-order valence-corrected chi connectivity index (χ0v) is 63.9. The second kappa shape index (κ2) is 31.6. The van der Waals surface area contributed by atoms with Crippen LogP contribution in [0.5, 0.6) is 0 Å². The van der Waals surface area contributed by atoms with Crippen molar-refractivity contribution >= 4 is 0 Å². The first-order valence-electron chi connectivity index (χ1n) is 36.7. The van der Waals surface area contributed by atoms with Crippen LogP contribution in [-0.4, -0.2) is 13.2 Å². The zero-order valence-electron chi connectivity index (χ0n) is 63.9. The molecule has 82 heavy (non-hydrogen) atoms. The summed E-state index contributed by atoms with van der Waals surface area (Å²) >= 11 is 0. The Kier molecular flexibility index (Phi) is 30.8. The summed E-state index contributed by atoms with van der Waals surface area (Å²) in [5, 5.41) is 0. The molecular weight excluding hydrogens is 989 g/mol. The van der Waals surface area contributed by atoms with Crippen molar-refractivity contribution in [3.63, 3.8) is 0 Å². The molecule has 7 fully saturated rings. The van der Waals surface area contributed by atoms with Gasteiger partial charge in [0.25, 0.3) is 0 Å². The molecule has 0 aromatic heterocycles.